The molecule has 0 spiro atoms. The van der Waals surface area contributed by atoms with Gasteiger partial charge in [-0.2, -0.15) is 0 Å². The summed E-state index contributed by atoms with van der Waals surface area (Å²) in [5.74, 6) is 0.879. The van der Waals surface area contributed by atoms with Gasteiger partial charge in [-0.05, 0) is 36.5 Å². The fourth-order valence-electron chi connectivity index (χ4n) is 2.12. The Labute approximate surface area is 100 Å². The lowest BCUT2D eigenvalue weighted by molar-refractivity contribution is 0.277. The van der Waals surface area contributed by atoms with Crippen LogP contribution in [0.2, 0.25) is 0 Å². The van der Waals surface area contributed by atoms with Crippen molar-refractivity contribution in [3.63, 3.8) is 0 Å². The topological polar surface area (TPSA) is 26.0 Å². The molecule has 1 aromatic carbocycles. The molecule has 1 saturated carbocycles. The summed E-state index contributed by atoms with van der Waals surface area (Å²) in [6, 6.07) is 6.67. The molecule has 1 aromatic rings. The number of halogens is 1. The predicted molar refractivity (Wildman–Crippen MR) is 67.8 cm³/mol. The second kappa shape index (κ2) is 4.67. The van der Waals surface area contributed by atoms with Gasteiger partial charge in [-0.1, -0.05) is 47.3 Å². The number of rotatable bonds is 3. The molecule has 1 unspecified atom stereocenters. The Morgan fingerprint density at radius 1 is 1.47 bits per heavy atom. The van der Waals surface area contributed by atoms with Gasteiger partial charge in [0.2, 0.25) is 0 Å². The first-order valence-corrected chi connectivity index (χ1v) is 6.48. The molecule has 2 rings (SSSR count). The van der Waals surface area contributed by atoms with E-state index in [1.807, 2.05) is 0 Å². The second-order valence-electron chi connectivity index (χ2n) is 4.65. The van der Waals surface area contributed by atoms with Crippen LogP contribution < -0.4 is 5.73 Å². The van der Waals surface area contributed by atoms with Crippen LogP contribution in [0.4, 0.5) is 0 Å². The zero-order valence-corrected chi connectivity index (χ0v) is 10.8. The minimum Gasteiger partial charge on any atom is -0.324 e. The number of hydrogen-bond donors (Lipinski definition) is 1. The number of benzene rings is 1. The van der Waals surface area contributed by atoms with Gasteiger partial charge in [0.25, 0.3) is 0 Å². The van der Waals surface area contributed by atoms with Gasteiger partial charge in [-0.15, -0.1) is 0 Å². The maximum absolute atomic E-state index is 6.21. The molecule has 1 aliphatic carbocycles. The Balaban J connectivity index is 2.03. The van der Waals surface area contributed by atoms with Crippen LogP contribution in [0.25, 0.3) is 0 Å². The number of aryl methyl sites for hydroxylation is 1. The second-order valence-corrected chi connectivity index (χ2v) is 5.50. The third-order valence-electron chi connectivity index (χ3n) is 3.42. The molecule has 1 atom stereocenters. The first-order chi connectivity index (χ1) is 7.16. The number of nitrogens with two attached hydrogens (primary N) is 1. The van der Waals surface area contributed by atoms with Crippen molar-refractivity contribution in [1.29, 1.82) is 0 Å². The molecule has 0 radical (unpaired) electrons. The van der Waals surface area contributed by atoms with Crippen molar-refractivity contribution in [2.45, 2.75) is 38.6 Å². The molecule has 0 heterocycles. The van der Waals surface area contributed by atoms with E-state index in [-0.39, 0.29) is 6.04 Å². The summed E-state index contributed by atoms with van der Waals surface area (Å²) in [5, 5.41) is 0. The van der Waals surface area contributed by atoms with Crippen LogP contribution in [0.5, 0.6) is 0 Å². The van der Waals surface area contributed by atoms with Crippen molar-refractivity contribution in [3.8, 4) is 0 Å². The van der Waals surface area contributed by atoms with Crippen molar-refractivity contribution in [2.24, 2.45) is 11.7 Å². The standard InChI is InChI=1S/C13H18BrN/c1-9-7-11(5-6-12(9)14)13(15)8-10-3-2-4-10/h5-7,10,13H,2-4,8,15H2,1H3. The fraction of sp³-hybridized carbons (Fsp3) is 0.538. The maximum Gasteiger partial charge on any atom is 0.0297 e. The molecular formula is C13H18BrN. The SMILES string of the molecule is Cc1cc(C(N)CC2CCC2)ccc1Br. The molecule has 2 N–H and O–H groups in total. The van der Waals surface area contributed by atoms with Gasteiger partial charge in [-0.3, -0.25) is 0 Å². The molecule has 0 amide bonds. The van der Waals surface area contributed by atoms with Crippen molar-refractivity contribution in [3.05, 3.63) is 33.8 Å². The Kier molecular flexibility index (Phi) is 3.47. The molecule has 1 nitrogen and oxygen atoms in total. The first kappa shape index (κ1) is 11.2. The molecule has 0 aromatic heterocycles. The number of hydrogen-bond acceptors (Lipinski definition) is 1. The Bertz CT molecular complexity index is 344. The van der Waals surface area contributed by atoms with Gasteiger partial charge in [0, 0.05) is 10.5 Å². The maximum atomic E-state index is 6.21. The van der Waals surface area contributed by atoms with Crippen molar-refractivity contribution < 1.29 is 0 Å². The van der Waals surface area contributed by atoms with E-state index in [1.54, 1.807) is 0 Å². The Morgan fingerprint density at radius 2 is 2.20 bits per heavy atom. The lowest BCUT2D eigenvalue weighted by atomic mass is 9.80. The van der Waals surface area contributed by atoms with Gasteiger partial charge >= 0.3 is 0 Å². The zero-order chi connectivity index (χ0) is 10.8. The molecule has 15 heavy (non-hydrogen) atoms. The summed E-state index contributed by atoms with van der Waals surface area (Å²) >= 11 is 3.51. The van der Waals surface area contributed by atoms with E-state index in [0.29, 0.717) is 0 Å². The van der Waals surface area contributed by atoms with Gasteiger partial charge in [0.15, 0.2) is 0 Å². The summed E-state index contributed by atoms with van der Waals surface area (Å²) in [6.07, 6.45) is 5.31. The normalized spacial score (nSPS) is 18.6. The van der Waals surface area contributed by atoms with E-state index in [0.717, 1.165) is 12.3 Å². The highest BCUT2D eigenvalue weighted by Crippen LogP contribution is 2.34. The van der Waals surface area contributed by atoms with Crippen LogP contribution in [0, 0.1) is 12.8 Å². The van der Waals surface area contributed by atoms with E-state index in [2.05, 4.69) is 41.1 Å². The highest BCUT2D eigenvalue weighted by molar-refractivity contribution is 9.10. The van der Waals surface area contributed by atoms with Crippen LogP contribution in [0.1, 0.15) is 42.9 Å². The summed E-state index contributed by atoms with van der Waals surface area (Å²) in [5.41, 5.74) is 8.76. The third-order valence-corrected chi connectivity index (χ3v) is 4.31. The summed E-state index contributed by atoms with van der Waals surface area (Å²) < 4.78 is 1.17. The first-order valence-electron chi connectivity index (χ1n) is 5.68. The van der Waals surface area contributed by atoms with Crippen LogP contribution in [0.3, 0.4) is 0 Å². The smallest absolute Gasteiger partial charge is 0.0297 e. The lowest BCUT2D eigenvalue weighted by Gasteiger charge is -2.28. The van der Waals surface area contributed by atoms with E-state index >= 15 is 0 Å². The monoisotopic (exact) mass is 267 g/mol. The minimum absolute atomic E-state index is 0.224. The quantitative estimate of drug-likeness (QED) is 0.882. The van der Waals surface area contributed by atoms with Gasteiger partial charge in [0.1, 0.15) is 0 Å². The minimum atomic E-state index is 0.224. The average molecular weight is 268 g/mol. The molecule has 0 saturated heterocycles. The molecule has 82 valence electrons. The van der Waals surface area contributed by atoms with E-state index in [4.69, 9.17) is 5.73 Å². The highest BCUT2D eigenvalue weighted by Gasteiger charge is 2.21. The van der Waals surface area contributed by atoms with E-state index < -0.39 is 0 Å². The van der Waals surface area contributed by atoms with Gasteiger partial charge in [0.05, 0.1) is 0 Å². The molecule has 1 fully saturated rings. The molecule has 0 aliphatic heterocycles. The molecule has 0 bridgehead atoms. The highest BCUT2D eigenvalue weighted by atomic mass is 79.9. The Hall–Kier alpha value is -0.340. The summed E-state index contributed by atoms with van der Waals surface area (Å²) in [7, 11) is 0. The molecular weight excluding hydrogens is 250 g/mol. The molecule has 1 aliphatic rings. The molecule has 2 heteroatoms. The van der Waals surface area contributed by atoms with Crippen molar-refractivity contribution >= 4 is 15.9 Å². The van der Waals surface area contributed by atoms with E-state index in [9.17, 15) is 0 Å². The van der Waals surface area contributed by atoms with Crippen LogP contribution in [0.15, 0.2) is 22.7 Å². The predicted octanol–water partition coefficient (Wildman–Crippen LogP) is 3.95. The largest absolute Gasteiger partial charge is 0.324 e. The zero-order valence-electron chi connectivity index (χ0n) is 9.17. The van der Waals surface area contributed by atoms with Crippen molar-refractivity contribution in [2.75, 3.05) is 0 Å². The van der Waals surface area contributed by atoms with Crippen LogP contribution in [-0.2, 0) is 0 Å². The lowest BCUT2D eigenvalue weighted by Crippen LogP contribution is -2.20. The van der Waals surface area contributed by atoms with Crippen LogP contribution >= 0.6 is 15.9 Å². The van der Waals surface area contributed by atoms with Gasteiger partial charge in [-0.25, -0.2) is 0 Å². The fourth-order valence-corrected chi connectivity index (χ4v) is 2.37. The summed E-state index contributed by atoms with van der Waals surface area (Å²) in [6.45, 7) is 2.11. The average Bonchev–Trinajstić information content (AvgIpc) is 2.15. The van der Waals surface area contributed by atoms with Gasteiger partial charge < -0.3 is 5.73 Å². The Morgan fingerprint density at radius 3 is 2.73 bits per heavy atom. The van der Waals surface area contributed by atoms with Crippen LogP contribution in [-0.4, -0.2) is 0 Å². The summed E-state index contributed by atoms with van der Waals surface area (Å²) in [4.78, 5) is 0. The van der Waals surface area contributed by atoms with Crippen molar-refractivity contribution in [1.82, 2.24) is 0 Å². The van der Waals surface area contributed by atoms with E-state index in [1.165, 1.54) is 34.9 Å². The third kappa shape index (κ3) is 2.61.